The van der Waals surface area contributed by atoms with Crippen molar-refractivity contribution in [2.24, 2.45) is 18.4 Å². The first-order valence-corrected chi connectivity index (χ1v) is 10.8. The first-order chi connectivity index (χ1) is 14.0. The van der Waals surface area contributed by atoms with Crippen LogP contribution in [0.15, 0.2) is 24.3 Å². The lowest BCUT2D eigenvalue weighted by molar-refractivity contribution is -0.146. The zero-order valence-electron chi connectivity index (χ0n) is 17.0. The number of nitrogens with zero attached hydrogens (tertiary/aromatic N) is 3. The summed E-state index contributed by atoms with van der Waals surface area (Å²) in [5.41, 5.74) is 0.982. The molecule has 29 heavy (non-hydrogen) atoms. The maximum atomic E-state index is 13.6. The number of aryl methyl sites for hydroxylation is 1. The molecular formula is C23H28FN3O2. The summed E-state index contributed by atoms with van der Waals surface area (Å²) in [4.78, 5) is 30.5. The molecule has 2 saturated heterocycles. The van der Waals surface area contributed by atoms with Gasteiger partial charge >= 0.3 is 0 Å². The number of rotatable bonds is 3. The Bertz CT molecular complexity index is 980. The van der Waals surface area contributed by atoms with E-state index in [9.17, 15) is 14.0 Å². The van der Waals surface area contributed by atoms with Gasteiger partial charge in [-0.3, -0.25) is 9.59 Å². The van der Waals surface area contributed by atoms with Crippen molar-refractivity contribution in [1.29, 1.82) is 0 Å². The zero-order valence-corrected chi connectivity index (χ0v) is 17.0. The second-order valence-electron chi connectivity index (χ2n) is 9.20. The highest BCUT2D eigenvalue weighted by atomic mass is 19.1. The van der Waals surface area contributed by atoms with Crippen LogP contribution in [0.5, 0.6) is 0 Å². The van der Waals surface area contributed by atoms with Gasteiger partial charge in [0.15, 0.2) is 0 Å². The fourth-order valence-electron chi connectivity index (χ4n) is 5.43. The number of hydrogen-bond acceptors (Lipinski definition) is 2. The zero-order chi connectivity index (χ0) is 20.2. The van der Waals surface area contributed by atoms with Crippen LogP contribution in [-0.4, -0.2) is 52.4 Å². The molecule has 1 saturated carbocycles. The van der Waals surface area contributed by atoms with E-state index >= 15 is 0 Å². The summed E-state index contributed by atoms with van der Waals surface area (Å²) in [7, 11) is 1.84. The standard InChI is InChI=1S/C23H28FN3O2/c1-25-19-7-6-18(24)12-17(19)13-20(25)21(28)27-11-9-23(15-27)8-3-10-26(22(23)29)14-16-4-2-5-16/h6-7,12-13,16H,2-5,8-11,14-15H2,1H3/t23-/m1/s1. The molecule has 2 amide bonds. The summed E-state index contributed by atoms with van der Waals surface area (Å²) in [6.07, 6.45) is 6.41. The fraction of sp³-hybridized carbons (Fsp3) is 0.565. The number of carbonyl (C=O) groups excluding carboxylic acids is 2. The number of likely N-dealkylation sites (tertiary alicyclic amines) is 2. The van der Waals surface area contributed by atoms with E-state index in [0.29, 0.717) is 24.7 Å². The Morgan fingerprint density at radius 2 is 2.00 bits per heavy atom. The van der Waals surface area contributed by atoms with Crippen LogP contribution in [0, 0.1) is 17.2 Å². The summed E-state index contributed by atoms with van der Waals surface area (Å²) in [5.74, 6) is 0.556. The van der Waals surface area contributed by atoms with Gasteiger partial charge in [-0.2, -0.15) is 0 Å². The molecule has 0 unspecified atom stereocenters. The van der Waals surface area contributed by atoms with Crippen molar-refractivity contribution in [2.75, 3.05) is 26.2 Å². The number of halogens is 1. The number of piperidine rings is 1. The van der Waals surface area contributed by atoms with E-state index in [1.165, 1.54) is 31.4 Å². The summed E-state index contributed by atoms with van der Waals surface area (Å²) in [6.45, 7) is 2.86. The highest BCUT2D eigenvalue weighted by Crippen LogP contribution is 2.41. The van der Waals surface area contributed by atoms with Crippen LogP contribution < -0.4 is 0 Å². The molecular weight excluding hydrogens is 369 g/mol. The Labute approximate surface area is 170 Å². The lowest BCUT2D eigenvalue weighted by Crippen LogP contribution is -2.52. The van der Waals surface area contributed by atoms with E-state index in [2.05, 4.69) is 4.90 Å². The lowest BCUT2D eigenvalue weighted by Gasteiger charge is -2.42. The summed E-state index contributed by atoms with van der Waals surface area (Å²) >= 11 is 0. The first-order valence-electron chi connectivity index (χ1n) is 10.8. The summed E-state index contributed by atoms with van der Waals surface area (Å²) in [5, 5.41) is 0.727. The van der Waals surface area contributed by atoms with Crippen LogP contribution in [0.2, 0.25) is 0 Å². The molecule has 2 aliphatic heterocycles. The molecule has 1 atom stereocenters. The molecule has 0 N–H and O–H groups in total. The Balaban J connectivity index is 1.35. The minimum Gasteiger partial charge on any atom is -0.342 e. The molecule has 3 heterocycles. The quantitative estimate of drug-likeness (QED) is 0.795. The highest BCUT2D eigenvalue weighted by Gasteiger charge is 2.50. The molecule has 1 aromatic carbocycles. The topological polar surface area (TPSA) is 45.6 Å². The number of amides is 2. The van der Waals surface area contributed by atoms with Gasteiger partial charge < -0.3 is 14.4 Å². The first kappa shape index (κ1) is 18.6. The smallest absolute Gasteiger partial charge is 0.270 e. The molecule has 6 heteroatoms. The maximum Gasteiger partial charge on any atom is 0.270 e. The Morgan fingerprint density at radius 3 is 2.76 bits per heavy atom. The van der Waals surface area contributed by atoms with E-state index in [4.69, 9.17) is 0 Å². The van der Waals surface area contributed by atoms with Crippen molar-refractivity contribution < 1.29 is 14.0 Å². The Hall–Kier alpha value is -2.37. The number of benzene rings is 1. The van der Waals surface area contributed by atoms with Gasteiger partial charge in [0.2, 0.25) is 5.91 Å². The van der Waals surface area contributed by atoms with Gasteiger partial charge in [0.1, 0.15) is 11.5 Å². The monoisotopic (exact) mass is 397 g/mol. The third kappa shape index (κ3) is 3.04. The molecule has 1 aliphatic carbocycles. The number of hydrogen-bond donors (Lipinski definition) is 0. The molecule has 2 aromatic rings. The highest BCUT2D eigenvalue weighted by molar-refractivity contribution is 5.99. The summed E-state index contributed by atoms with van der Waals surface area (Å²) < 4.78 is 15.4. The lowest BCUT2D eigenvalue weighted by atomic mass is 9.77. The van der Waals surface area contributed by atoms with Gasteiger partial charge in [0, 0.05) is 44.1 Å². The largest absolute Gasteiger partial charge is 0.342 e. The van der Waals surface area contributed by atoms with Gasteiger partial charge in [-0.15, -0.1) is 0 Å². The van der Waals surface area contributed by atoms with Crippen molar-refractivity contribution in [3.05, 3.63) is 35.8 Å². The second-order valence-corrected chi connectivity index (χ2v) is 9.20. The SMILES string of the molecule is Cn1c(C(=O)N2CC[C@]3(CCCN(CC4CCC4)C3=O)C2)cc2cc(F)ccc21. The van der Waals surface area contributed by atoms with Gasteiger partial charge in [-0.25, -0.2) is 4.39 Å². The number of carbonyl (C=O) groups is 2. The van der Waals surface area contributed by atoms with Crippen LogP contribution in [0.1, 0.15) is 49.0 Å². The van der Waals surface area contributed by atoms with E-state index < -0.39 is 5.41 Å². The predicted molar refractivity (Wildman–Crippen MR) is 109 cm³/mol. The molecule has 154 valence electrons. The van der Waals surface area contributed by atoms with Gasteiger partial charge in [-0.05, 0) is 62.3 Å². The van der Waals surface area contributed by atoms with E-state index in [-0.39, 0.29) is 17.6 Å². The molecule has 0 radical (unpaired) electrons. The minimum absolute atomic E-state index is 0.0649. The van der Waals surface area contributed by atoms with Gasteiger partial charge in [0.25, 0.3) is 5.91 Å². The van der Waals surface area contributed by atoms with E-state index in [0.717, 1.165) is 43.3 Å². The molecule has 5 nitrogen and oxygen atoms in total. The minimum atomic E-state index is -0.408. The number of fused-ring (bicyclic) bond motifs is 1. The Kier molecular flexibility index (Phi) is 4.41. The number of aromatic nitrogens is 1. The molecule has 3 fully saturated rings. The van der Waals surface area contributed by atoms with Crippen LogP contribution >= 0.6 is 0 Å². The normalized spacial score (nSPS) is 25.2. The van der Waals surface area contributed by atoms with Gasteiger partial charge in [-0.1, -0.05) is 6.42 Å². The average molecular weight is 397 g/mol. The molecule has 3 aliphatic rings. The van der Waals surface area contributed by atoms with Crippen LogP contribution in [-0.2, 0) is 11.8 Å². The van der Waals surface area contributed by atoms with Crippen LogP contribution in [0.25, 0.3) is 10.9 Å². The van der Waals surface area contributed by atoms with E-state index in [1.807, 2.05) is 16.5 Å². The maximum absolute atomic E-state index is 13.6. The van der Waals surface area contributed by atoms with Crippen molar-refractivity contribution >= 4 is 22.7 Å². The molecule has 1 spiro atoms. The second kappa shape index (κ2) is 6.85. The van der Waals surface area contributed by atoms with Crippen molar-refractivity contribution in [2.45, 2.75) is 38.5 Å². The molecule has 1 aromatic heterocycles. The van der Waals surface area contributed by atoms with Crippen molar-refractivity contribution in [1.82, 2.24) is 14.4 Å². The van der Waals surface area contributed by atoms with Crippen LogP contribution in [0.4, 0.5) is 4.39 Å². The molecule has 0 bridgehead atoms. The molecule has 5 rings (SSSR count). The van der Waals surface area contributed by atoms with Crippen molar-refractivity contribution in [3.8, 4) is 0 Å². The average Bonchev–Trinajstić information content (AvgIpc) is 3.23. The van der Waals surface area contributed by atoms with E-state index in [1.54, 1.807) is 12.1 Å². The third-order valence-corrected chi connectivity index (χ3v) is 7.39. The fourth-order valence-corrected chi connectivity index (χ4v) is 5.43. The summed E-state index contributed by atoms with van der Waals surface area (Å²) in [6, 6.07) is 6.34. The predicted octanol–water partition coefficient (Wildman–Crippen LogP) is 3.57. The van der Waals surface area contributed by atoms with Gasteiger partial charge in [0.05, 0.1) is 5.41 Å². The van der Waals surface area contributed by atoms with Crippen LogP contribution in [0.3, 0.4) is 0 Å². The van der Waals surface area contributed by atoms with Crippen molar-refractivity contribution in [3.63, 3.8) is 0 Å². The third-order valence-electron chi connectivity index (χ3n) is 7.39. The Morgan fingerprint density at radius 1 is 1.17 bits per heavy atom.